The molecule has 1 N–H and O–H groups in total. The highest BCUT2D eigenvalue weighted by molar-refractivity contribution is 9.10. The lowest BCUT2D eigenvalue weighted by Crippen LogP contribution is -2.28. The number of aliphatic imine (C=N–C) groups is 1. The van der Waals surface area contributed by atoms with Gasteiger partial charge in [0.25, 0.3) is 5.91 Å². The summed E-state index contributed by atoms with van der Waals surface area (Å²) < 4.78 is 0.794. The largest absolute Gasteiger partial charge is 0.507 e. The molecule has 1 amide bonds. The second kappa shape index (κ2) is 9.32. The van der Waals surface area contributed by atoms with Gasteiger partial charge in [-0.2, -0.15) is 0 Å². The molecule has 8 heteroatoms. The van der Waals surface area contributed by atoms with E-state index in [9.17, 15) is 9.90 Å². The van der Waals surface area contributed by atoms with Crippen molar-refractivity contribution in [2.45, 2.75) is 13.8 Å². The van der Waals surface area contributed by atoms with Crippen molar-refractivity contribution < 1.29 is 9.90 Å². The molecule has 0 spiro atoms. The molecule has 1 saturated heterocycles. The molecule has 1 aliphatic heterocycles. The smallest absolute Gasteiger partial charge is 0.271 e. The summed E-state index contributed by atoms with van der Waals surface area (Å²) >= 11 is 17.2. The zero-order valence-corrected chi connectivity index (χ0v) is 21.0. The van der Waals surface area contributed by atoms with Crippen LogP contribution in [-0.4, -0.2) is 16.2 Å². The molecule has 32 heavy (non-hydrogen) atoms. The second-order valence-electron chi connectivity index (χ2n) is 7.22. The maximum Gasteiger partial charge on any atom is 0.271 e. The van der Waals surface area contributed by atoms with Crippen LogP contribution in [0.25, 0.3) is 6.08 Å². The molecule has 4 nitrogen and oxygen atoms in total. The van der Waals surface area contributed by atoms with Crippen molar-refractivity contribution in [1.29, 1.82) is 0 Å². The molecule has 4 rings (SSSR count). The van der Waals surface area contributed by atoms with E-state index in [1.165, 1.54) is 16.7 Å². The predicted octanol–water partition coefficient (Wildman–Crippen LogP) is 7.89. The number of phenols is 1. The number of aromatic hydroxyl groups is 1. The molecule has 1 heterocycles. The Hall–Kier alpha value is -2.25. The number of anilines is 1. The van der Waals surface area contributed by atoms with E-state index >= 15 is 0 Å². The van der Waals surface area contributed by atoms with Gasteiger partial charge in [-0.15, -0.1) is 0 Å². The zero-order valence-electron chi connectivity index (χ0n) is 17.1. The van der Waals surface area contributed by atoms with Crippen molar-refractivity contribution in [1.82, 2.24) is 0 Å². The summed E-state index contributed by atoms with van der Waals surface area (Å²) in [5.74, 6) is -0.180. The summed E-state index contributed by atoms with van der Waals surface area (Å²) in [5, 5.41) is 11.8. The predicted molar refractivity (Wildman–Crippen MR) is 138 cm³/mol. The highest BCUT2D eigenvalue weighted by Gasteiger charge is 2.35. The van der Waals surface area contributed by atoms with Gasteiger partial charge in [0, 0.05) is 20.1 Å². The Labute approximate surface area is 208 Å². The van der Waals surface area contributed by atoms with E-state index in [0.717, 1.165) is 15.6 Å². The molecular formula is C24H17BrCl2N2O2S. The van der Waals surface area contributed by atoms with Crippen LogP contribution in [0.2, 0.25) is 10.0 Å². The minimum atomic E-state index is -0.258. The zero-order chi connectivity index (χ0) is 23.0. The third kappa shape index (κ3) is 4.74. The number of hydrogen-bond acceptors (Lipinski definition) is 4. The van der Waals surface area contributed by atoms with Crippen molar-refractivity contribution in [2.24, 2.45) is 4.99 Å². The fourth-order valence-corrected chi connectivity index (χ4v) is 4.76. The Morgan fingerprint density at radius 2 is 1.69 bits per heavy atom. The first kappa shape index (κ1) is 22.9. The Bertz CT molecular complexity index is 1310. The Morgan fingerprint density at radius 1 is 1.00 bits per heavy atom. The van der Waals surface area contributed by atoms with Crippen LogP contribution in [0.3, 0.4) is 0 Å². The van der Waals surface area contributed by atoms with Gasteiger partial charge >= 0.3 is 0 Å². The van der Waals surface area contributed by atoms with Crippen LogP contribution in [-0.2, 0) is 4.79 Å². The molecule has 0 aliphatic carbocycles. The minimum Gasteiger partial charge on any atom is -0.507 e. The molecule has 1 aliphatic rings. The molecule has 1 fully saturated rings. The summed E-state index contributed by atoms with van der Waals surface area (Å²) in [6.45, 7) is 3.82. The Kier molecular flexibility index (Phi) is 6.67. The number of carbonyl (C=O) groups is 1. The van der Waals surface area contributed by atoms with Crippen LogP contribution < -0.4 is 4.90 Å². The molecule has 162 valence electrons. The van der Waals surface area contributed by atoms with E-state index in [0.29, 0.717) is 37.1 Å². The van der Waals surface area contributed by atoms with Crippen LogP contribution in [0.15, 0.2) is 69.0 Å². The first-order valence-electron chi connectivity index (χ1n) is 9.56. The number of nitrogens with zero attached hydrogens (tertiary/aromatic N) is 2. The monoisotopic (exact) mass is 546 g/mol. The molecule has 0 aromatic heterocycles. The lowest BCUT2D eigenvalue weighted by Gasteiger charge is -2.16. The maximum atomic E-state index is 13.4. The standard InChI is InChI=1S/C24H17BrCl2N2O2S/c1-13-3-6-17(11-19(13)26)28-24-29(18-7-4-14(2)20(27)12-18)23(31)22(32-24)10-15-9-16(25)5-8-21(15)30/h3-12,30H,1-2H3/b22-10+,28-24?. The van der Waals surface area contributed by atoms with Gasteiger partial charge in [-0.25, -0.2) is 4.99 Å². The van der Waals surface area contributed by atoms with E-state index in [-0.39, 0.29) is 11.7 Å². The first-order chi connectivity index (χ1) is 15.2. The lowest BCUT2D eigenvalue weighted by molar-refractivity contribution is -0.113. The molecule has 0 radical (unpaired) electrons. The molecule has 3 aromatic carbocycles. The van der Waals surface area contributed by atoms with Crippen LogP contribution in [0.5, 0.6) is 5.75 Å². The van der Waals surface area contributed by atoms with Crippen molar-refractivity contribution in [2.75, 3.05) is 4.90 Å². The summed E-state index contributed by atoms with van der Waals surface area (Å²) in [6, 6.07) is 16.0. The molecule has 3 aromatic rings. The Morgan fingerprint density at radius 3 is 2.38 bits per heavy atom. The molecular weight excluding hydrogens is 531 g/mol. The third-order valence-electron chi connectivity index (χ3n) is 4.88. The number of amides is 1. The number of rotatable bonds is 3. The second-order valence-corrected chi connectivity index (χ2v) is 9.95. The fraction of sp³-hybridized carbons (Fsp3) is 0.0833. The van der Waals surface area contributed by atoms with Crippen molar-refractivity contribution in [3.63, 3.8) is 0 Å². The number of benzene rings is 3. The number of thioether (sulfide) groups is 1. The summed E-state index contributed by atoms with van der Waals surface area (Å²) in [5.41, 5.74) is 3.62. The van der Waals surface area contributed by atoms with E-state index in [1.807, 2.05) is 38.1 Å². The number of halogens is 3. The molecule has 0 saturated carbocycles. The quantitative estimate of drug-likeness (QED) is 0.339. The van der Waals surface area contributed by atoms with Crippen LogP contribution in [0.4, 0.5) is 11.4 Å². The van der Waals surface area contributed by atoms with Gasteiger partial charge in [-0.1, -0.05) is 51.3 Å². The SMILES string of the molecule is Cc1ccc(N=C2S/C(=C/c3cc(Br)ccc3O)C(=O)N2c2ccc(C)c(Cl)c2)cc1Cl. The number of carbonyl (C=O) groups excluding carboxylic acids is 1. The highest BCUT2D eigenvalue weighted by atomic mass is 79.9. The van der Waals surface area contributed by atoms with Gasteiger partial charge in [-0.05, 0) is 85.3 Å². The van der Waals surface area contributed by atoms with Crippen LogP contribution in [0, 0.1) is 13.8 Å². The molecule has 0 unspecified atom stereocenters. The highest BCUT2D eigenvalue weighted by Crippen LogP contribution is 2.39. The summed E-state index contributed by atoms with van der Waals surface area (Å²) in [6.07, 6.45) is 1.65. The van der Waals surface area contributed by atoms with E-state index < -0.39 is 0 Å². The van der Waals surface area contributed by atoms with E-state index in [4.69, 9.17) is 28.2 Å². The van der Waals surface area contributed by atoms with Crippen molar-refractivity contribution in [3.05, 3.63) is 90.7 Å². The molecule has 0 bridgehead atoms. The number of aryl methyl sites for hydroxylation is 2. The Balaban J connectivity index is 1.83. The van der Waals surface area contributed by atoms with Gasteiger partial charge in [0.2, 0.25) is 0 Å². The normalized spacial score (nSPS) is 16.4. The summed E-state index contributed by atoms with van der Waals surface area (Å²) in [7, 11) is 0. The average molecular weight is 548 g/mol. The van der Waals surface area contributed by atoms with Crippen LogP contribution in [0.1, 0.15) is 16.7 Å². The van der Waals surface area contributed by atoms with Gasteiger partial charge in [0.15, 0.2) is 5.17 Å². The van der Waals surface area contributed by atoms with Gasteiger partial charge in [0.05, 0.1) is 16.3 Å². The van der Waals surface area contributed by atoms with Crippen molar-refractivity contribution >= 4 is 79.4 Å². The average Bonchev–Trinajstić information content (AvgIpc) is 3.04. The van der Waals surface area contributed by atoms with Gasteiger partial charge < -0.3 is 5.11 Å². The van der Waals surface area contributed by atoms with E-state index in [1.54, 1.807) is 36.4 Å². The van der Waals surface area contributed by atoms with Gasteiger partial charge in [-0.3, -0.25) is 9.69 Å². The van der Waals surface area contributed by atoms with E-state index in [2.05, 4.69) is 15.9 Å². The van der Waals surface area contributed by atoms with Crippen molar-refractivity contribution in [3.8, 4) is 5.75 Å². The van der Waals surface area contributed by atoms with Gasteiger partial charge in [0.1, 0.15) is 5.75 Å². The maximum absolute atomic E-state index is 13.4. The molecule has 0 atom stereocenters. The fourth-order valence-electron chi connectivity index (χ4n) is 3.04. The summed E-state index contributed by atoms with van der Waals surface area (Å²) in [4.78, 5) is 20.1. The number of amidine groups is 1. The third-order valence-corrected chi connectivity index (χ3v) is 7.15. The number of phenolic OH excluding ortho intramolecular Hbond substituents is 1. The van der Waals surface area contributed by atoms with Crippen LogP contribution >= 0.6 is 50.9 Å². The topological polar surface area (TPSA) is 52.9 Å². The first-order valence-corrected chi connectivity index (χ1v) is 11.9. The minimum absolute atomic E-state index is 0.0785. The number of hydrogen-bond donors (Lipinski definition) is 1. The lowest BCUT2D eigenvalue weighted by atomic mass is 10.1.